The number of anilines is 1. The predicted octanol–water partition coefficient (Wildman–Crippen LogP) is 4.05. The monoisotopic (exact) mass is 507 g/mol. The number of benzene rings is 2. The summed E-state index contributed by atoms with van der Waals surface area (Å²) in [4.78, 5) is 27.9. The van der Waals surface area contributed by atoms with Gasteiger partial charge in [-0.15, -0.1) is 0 Å². The Labute approximate surface area is 208 Å². The molecular weight excluding hydrogens is 474 g/mol. The number of amides is 2. The first-order chi connectivity index (χ1) is 15.6. The van der Waals surface area contributed by atoms with Crippen LogP contribution in [0.2, 0.25) is 5.02 Å². The third-order valence-corrected chi connectivity index (χ3v) is 6.58. The van der Waals surface area contributed by atoms with Crippen molar-refractivity contribution in [2.75, 3.05) is 17.1 Å². The fraction of sp³-hybridized carbons (Fsp3) is 0.440. The van der Waals surface area contributed by atoms with Crippen LogP contribution >= 0.6 is 11.6 Å². The number of hydrogen-bond donors (Lipinski definition) is 1. The molecule has 2 aromatic rings. The van der Waals surface area contributed by atoms with Gasteiger partial charge in [-0.1, -0.05) is 35.9 Å². The maximum Gasteiger partial charge on any atom is 0.244 e. The minimum absolute atomic E-state index is 0.0997. The average Bonchev–Trinajstić information content (AvgIpc) is 2.69. The molecule has 0 aliphatic rings. The fourth-order valence-electron chi connectivity index (χ4n) is 3.47. The van der Waals surface area contributed by atoms with Crippen LogP contribution in [-0.4, -0.2) is 49.5 Å². The van der Waals surface area contributed by atoms with E-state index < -0.39 is 34.1 Å². The molecule has 1 unspecified atom stereocenters. The van der Waals surface area contributed by atoms with Crippen molar-refractivity contribution >= 4 is 39.1 Å². The smallest absolute Gasteiger partial charge is 0.244 e. The molecule has 0 fully saturated rings. The molecule has 0 saturated heterocycles. The van der Waals surface area contributed by atoms with Crippen LogP contribution < -0.4 is 9.62 Å². The summed E-state index contributed by atoms with van der Waals surface area (Å²) in [5.74, 6) is -0.830. The van der Waals surface area contributed by atoms with Crippen LogP contribution in [0, 0.1) is 13.8 Å². The van der Waals surface area contributed by atoms with E-state index in [4.69, 9.17) is 11.6 Å². The summed E-state index contributed by atoms with van der Waals surface area (Å²) in [6, 6.07) is 11.6. The van der Waals surface area contributed by atoms with Crippen molar-refractivity contribution in [2.45, 2.75) is 59.7 Å². The summed E-state index contributed by atoms with van der Waals surface area (Å²) in [7, 11) is -3.78. The second kappa shape index (κ2) is 10.8. The van der Waals surface area contributed by atoms with Gasteiger partial charge in [-0.3, -0.25) is 13.9 Å². The molecule has 0 bridgehead atoms. The number of halogens is 1. The van der Waals surface area contributed by atoms with Gasteiger partial charge < -0.3 is 10.2 Å². The highest BCUT2D eigenvalue weighted by atomic mass is 35.5. The molecule has 34 heavy (non-hydrogen) atoms. The number of carbonyl (C=O) groups is 2. The Morgan fingerprint density at radius 2 is 1.74 bits per heavy atom. The molecule has 2 aromatic carbocycles. The lowest BCUT2D eigenvalue weighted by Gasteiger charge is -2.33. The Balaban J connectivity index is 2.45. The molecule has 9 heteroatoms. The predicted molar refractivity (Wildman–Crippen MR) is 137 cm³/mol. The fourth-order valence-corrected chi connectivity index (χ4v) is 4.58. The summed E-state index contributed by atoms with van der Waals surface area (Å²) in [5, 5.41) is 3.40. The Morgan fingerprint density at radius 1 is 1.09 bits per heavy atom. The molecule has 0 spiro atoms. The van der Waals surface area contributed by atoms with Crippen LogP contribution in [0.15, 0.2) is 42.5 Å². The van der Waals surface area contributed by atoms with E-state index in [-0.39, 0.29) is 12.5 Å². The van der Waals surface area contributed by atoms with E-state index in [1.807, 2.05) is 39.8 Å². The lowest BCUT2D eigenvalue weighted by Crippen LogP contribution is -2.54. The van der Waals surface area contributed by atoms with Gasteiger partial charge in [0.25, 0.3) is 0 Å². The molecule has 2 rings (SSSR count). The SMILES string of the molecule is Cc1ccc(C)c(N(CC(=O)N(Cc2cccc(Cl)c2)C(C)C(=O)NC(C)(C)C)S(C)(=O)=O)c1. The van der Waals surface area contributed by atoms with Crippen LogP contribution in [0.3, 0.4) is 0 Å². The Hall–Kier alpha value is -2.58. The molecule has 7 nitrogen and oxygen atoms in total. The first-order valence-corrected chi connectivity index (χ1v) is 13.2. The minimum Gasteiger partial charge on any atom is -0.350 e. The first-order valence-electron chi connectivity index (χ1n) is 11.0. The van der Waals surface area contributed by atoms with E-state index in [1.54, 1.807) is 44.2 Å². The van der Waals surface area contributed by atoms with Crippen molar-refractivity contribution < 1.29 is 18.0 Å². The lowest BCUT2D eigenvalue weighted by molar-refractivity contribution is -0.140. The Morgan fingerprint density at radius 3 is 2.29 bits per heavy atom. The van der Waals surface area contributed by atoms with Crippen molar-refractivity contribution in [1.29, 1.82) is 0 Å². The quantitative estimate of drug-likeness (QED) is 0.583. The van der Waals surface area contributed by atoms with Crippen LogP contribution in [0.4, 0.5) is 5.69 Å². The number of nitrogens with one attached hydrogen (secondary N) is 1. The number of carbonyl (C=O) groups excluding carboxylic acids is 2. The van der Waals surface area contributed by atoms with Crippen LogP contribution in [0.1, 0.15) is 44.4 Å². The van der Waals surface area contributed by atoms with Crippen molar-refractivity contribution in [1.82, 2.24) is 10.2 Å². The Bertz CT molecular complexity index is 1160. The topological polar surface area (TPSA) is 86.8 Å². The van der Waals surface area contributed by atoms with Gasteiger partial charge in [0.05, 0.1) is 11.9 Å². The van der Waals surface area contributed by atoms with E-state index in [1.165, 1.54) is 4.90 Å². The summed E-state index contributed by atoms with van der Waals surface area (Å²) >= 11 is 6.12. The normalized spacial score (nSPS) is 12.7. The molecule has 0 saturated carbocycles. The maximum absolute atomic E-state index is 13.6. The van der Waals surface area contributed by atoms with Gasteiger partial charge in [-0.2, -0.15) is 0 Å². The third-order valence-electron chi connectivity index (χ3n) is 5.22. The number of nitrogens with zero attached hydrogens (tertiary/aromatic N) is 2. The van der Waals surface area contributed by atoms with Crippen molar-refractivity contribution in [3.63, 3.8) is 0 Å². The molecule has 186 valence electrons. The summed E-state index contributed by atoms with van der Waals surface area (Å²) < 4.78 is 26.5. The van der Waals surface area contributed by atoms with E-state index in [0.717, 1.165) is 27.3 Å². The lowest BCUT2D eigenvalue weighted by atomic mass is 10.1. The van der Waals surface area contributed by atoms with Crippen molar-refractivity contribution in [3.05, 3.63) is 64.2 Å². The maximum atomic E-state index is 13.6. The second-order valence-electron chi connectivity index (χ2n) is 9.63. The highest BCUT2D eigenvalue weighted by molar-refractivity contribution is 7.92. The zero-order valence-corrected chi connectivity index (χ0v) is 22.4. The van der Waals surface area contributed by atoms with E-state index in [2.05, 4.69) is 5.32 Å². The highest BCUT2D eigenvalue weighted by Crippen LogP contribution is 2.25. The molecule has 0 aliphatic heterocycles. The molecule has 0 aliphatic carbocycles. The Kier molecular flexibility index (Phi) is 8.77. The van der Waals surface area contributed by atoms with Crippen LogP contribution in [-0.2, 0) is 26.2 Å². The molecule has 2 amide bonds. The third kappa shape index (κ3) is 7.74. The number of sulfonamides is 1. The first kappa shape index (κ1) is 27.7. The second-order valence-corrected chi connectivity index (χ2v) is 12.0. The van der Waals surface area contributed by atoms with Crippen molar-refractivity contribution in [2.24, 2.45) is 0 Å². The number of rotatable bonds is 8. The molecule has 0 radical (unpaired) electrons. The van der Waals surface area contributed by atoms with Gasteiger partial charge >= 0.3 is 0 Å². The van der Waals surface area contributed by atoms with Gasteiger partial charge in [-0.25, -0.2) is 8.42 Å². The minimum atomic E-state index is -3.78. The van der Waals surface area contributed by atoms with E-state index >= 15 is 0 Å². The molecule has 1 atom stereocenters. The van der Waals surface area contributed by atoms with Crippen LogP contribution in [0.25, 0.3) is 0 Å². The number of hydrogen-bond acceptors (Lipinski definition) is 4. The van der Waals surface area contributed by atoms with Gasteiger partial charge in [0.1, 0.15) is 12.6 Å². The summed E-state index contributed by atoms with van der Waals surface area (Å²) in [6.45, 7) is 10.5. The summed E-state index contributed by atoms with van der Waals surface area (Å²) in [6.07, 6.45) is 1.07. The van der Waals surface area contributed by atoms with Gasteiger partial charge in [-0.05, 0) is 76.4 Å². The van der Waals surface area contributed by atoms with Gasteiger partial charge in [0.2, 0.25) is 21.8 Å². The van der Waals surface area contributed by atoms with E-state index in [0.29, 0.717) is 10.7 Å². The zero-order valence-electron chi connectivity index (χ0n) is 20.8. The average molecular weight is 508 g/mol. The van der Waals surface area contributed by atoms with E-state index in [9.17, 15) is 18.0 Å². The summed E-state index contributed by atoms with van der Waals surface area (Å²) in [5.41, 5.74) is 2.27. The largest absolute Gasteiger partial charge is 0.350 e. The molecule has 1 N–H and O–H groups in total. The highest BCUT2D eigenvalue weighted by Gasteiger charge is 2.31. The zero-order chi connectivity index (χ0) is 25.8. The van der Waals surface area contributed by atoms with Crippen molar-refractivity contribution in [3.8, 4) is 0 Å². The molecular formula is C25H34ClN3O4S. The van der Waals surface area contributed by atoms with Gasteiger partial charge in [0.15, 0.2) is 0 Å². The molecule has 0 aromatic heterocycles. The van der Waals surface area contributed by atoms with Gasteiger partial charge in [0, 0.05) is 17.1 Å². The standard InChI is InChI=1S/C25H34ClN3O4S/c1-17-11-12-18(2)22(13-17)29(34(7,32)33)16-23(30)28(15-20-9-8-10-21(26)14-20)19(3)24(31)27-25(4,5)6/h8-14,19H,15-16H2,1-7H3,(H,27,31). The number of aryl methyl sites for hydroxylation is 2. The van der Waals surface area contributed by atoms with Crippen LogP contribution in [0.5, 0.6) is 0 Å². The molecule has 0 heterocycles.